The van der Waals surface area contributed by atoms with Crippen LogP contribution in [0, 0.1) is 0 Å². The number of rotatable bonds is 3. The molecule has 0 bridgehead atoms. The van der Waals surface area contributed by atoms with Crippen LogP contribution in [0.4, 0.5) is 0 Å². The fraction of sp³-hybridized carbons (Fsp3) is 0.571. The zero-order chi connectivity index (χ0) is 14.0. The molecule has 0 spiro atoms. The van der Waals surface area contributed by atoms with Crippen LogP contribution in [0.25, 0.3) is 10.8 Å². The van der Waals surface area contributed by atoms with Gasteiger partial charge in [-0.2, -0.15) is 4.98 Å². The Morgan fingerprint density at radius 3 is 2.75 bits per heavy atom. The Labute approximate surface area is 122 Å². The largest absolute Gasteiger partial charge is 0.495 e. The highest BCUT2D eigenvalue weighted by Crippen LogP contribution is 2.37. The third kappa shape index (κ3) is 2.45. The summed E-state index contributed by atoms with van der Waals surface area (Å²) in [7, 11) is 1.64. The molecule has 0 unspecified atom stereocenters. The number of hydrogen-bond acceptors (Lipinski definition) is 6. The molecular weight excluding hydrogens is 274 g/mol. The van der Waals surface area contributed by atoms with Crippen molar-refractivity contribution < 1.29 is 9.26 Å². The van der Waals surface area contributed by atoms with Crippen LogP contribution in [0.2, 0.25) is 0 Å². The Bertz CT molecular complexity index is 570. The average molecular weight is 293 g/mol. The van der Waals surface area contributed by atoms with E-state index < -0.39 is 5.54 Å². The monoisotopic (exact) mass is 293 g/mol. The maximum absolute atomic E-state index is 6.50. The number of hydrogen-bond donors (Lipinski definition) is 1. The summed E-state index contributed by atoms with van der Waals surface area (Å²) in [6.07, 6.45) is 6.58. The van der Waals surface area contributed by atoms with Crippen LogP contribution in [0.5, 0.6) is 5.75 Å². The van der Waals surface area contributed by atoms with Crippen LogP contribution in [0.15, 0.2) is 16.0 Å². The summed E-state index contributed by atoms with van der Waals surface area (Å²) < 4.78 is 10.7. The van der Waals surface area contributed by atoms with Gasteiger partial charge in [0.25, 0.3) is 5.89 Å². The van der Waals surface area contributed by atoms with E-state index in [-0.39, 0.29) is 0 Å². The Morgan fingerprint density at radius 1 is 1.30 bits per heavy atom. The minimum Gasteiger partial charge on any atom is -0.495 e. The third-order valence-corrected chi connectivity index (χ3v) is 4.79. The van der Waals surface area contributed by atoms with Gasteiger partial charge in [-0.05, 0) is 24.3 Å². The lowest BCUT2D eigenvalue weighted by Gasteiger charge is -2.23. The van der Waals surface area contributed by atoms with Gasteiger partial charge in [0.15, 0.2) is 5.82 Å². The molecule has 1 aliphatic carbocycles. The summed E-state index contributed by atoms with van der Waals surface area (Å²) in [5.74, 6) is 1.89. The van der Waals surface area contributed by atoms with Crippen LogP contribution in [-0.2, 0) is 5.54 Å². The smallest absolute Gasteiger partial charge is 0.271 e. The number of aromatic nitrogens is 2. The van der Waals surface area contributed by atoms with Gasteiger partial charge < -0.3 is 15.0 Å². The first-order valence-electron chi connectivity index (χ1n) is 6.98. The third-order valence-electron chi connectivity index (χ3n) is 3.91. The highest BCUT2D eigenvalue weighted by atomic mass is 32.1. The standard InChI is InChI=1S/C14H19N3O2S/c1-18-10-6-9-20-11(10)12-16-13(17-19-12)14(15)7-4-2-3-5-8-14/h6,9H,2-5,7-8,15H2,1H3. The normalized spacial score (nSPS) is 18.7. The minimum absolute atomic E-state index is 0.442. The van der Waals surface area contributed by atoms with Crippen LogP contribution in [0.3, 0.4) is 0 Å². The summed E-state index contributed by atoms with van der Waals surface area (Å²) >= 11 is 1.53. The molecule has 2 N–H and O–H groups in total. The molecule has 2 heterocycles. The van der Waals surface area contributed by atoms with Crippen molar-refractivity contribution in [2.45, 2.75) is 44.1 Å². The van der Waals surface area contributed by atoms with Crippen LogP contribution in [-0.4, -0.2) is 17.3 Å². The molecule has 20 heavy (non-hydrogen) atoms. The molecule has 0 saturated heterocycles. The minimum atomic E-state index is -0.442. The fourth-order valence-corrected chi connectivity index (χ4v) is 3.49. The zero-order valence-corrected chi connectivity index (χ0v) is 12.4. The van der Waals surface area contributed by atoms with E-state index in [4.69, 9.17) is 15.0 Å². The second-order valence-corrected chi connectivity index (χ2v) is 6.23. The Morgan fingerprint density at radius 2 is 2.05 bits per heavy atom. The van der Waals surface area contributed by atoms with Crippen molar-refractivity contribution >= 4 is 11.3 Å². The predicted molar refractivity (Wildman–Crippen MR) is 77.7 cm³/mol. The van der Waals surface area contributed by atoms with E-state index in [1.807, 2.05) is 11.4 Å². The van der Waals surface area contributed by atoms with Gasteiger partial charge in [-0.15, -0.1) is 11.3 Å². The van der Waals surface area contributed by atoms with E-state index in [0.717, 1.165) is 36.3 Å². The molecule has 0 aliphatic heterocycles. The van der Waals surface area contributed by atoms with E-state index in [1.165, 1.54) is 24.2 Å². The topological polar surface area (TPSA) is 74.2 Å². The molecule has 3 rings (SSSR count). The van der Waals surface area contributed by atoms with Crippen LogP contribution >= 0.6 is 11.3 Å². The molecule has 0 aromatic carbocycles. The molecule has 1 aliphatic rings. The molecule has 2 aromatic rings. The average Bonchev–Trinajstić information content (AvgIpc) is 3.06. The summed E-state index contributed by atoms with van der Waals surface area (Å²) in [4.78, 5) is 5.39. The summed E-state index contributed by atoms with van der Waals surface area (Å²) in [5.41, 5.74) is 6.06. The molecule has 0 atom stereocenters. The van der Waals surface area contributed by atoms with Crippen molar-refractivity contribution in [1.29, 1.82) is 0 Å². The number of ether oxygens (including phenoxy) is 1. The lowest BCUT2D eigenvalue weighted by atomic mass is 9.91. The summed E-state index contributed by atoms with van der Waals surface area (Å²) in [5, 5.41) is 6.07. The number of nitrogens with two attached hydrogens (primary N) is 1. The molecule has 5 nitrogen and oxygen atoms in total. The van der Waals surface area contributed by atoms with E-state index in [2.05, 4.69) is 10.1 Å². The molecule has 2 aromatic heterocycles. The summed E-state index contributed by atoms with van der Waals surface area (Å²) in [6, 6.07) is 1.90. The number of nitrogens with zero attached hydrogens (tertiary/aromatic N) is 2. The number of thiophene rings is 1. The van der Waals surface area contributed by atoms with Gasteiger partial charge in [0, 0.05) is 0 Å². The highest BCUT2D eigenvalue weighted by Gasteiger charge is 2.33. The molecule has 1 saturated carbocycles. The first-order valence-corrected chi connectivity index (χ1v) is 7.86. The first-order chi connectivity index (χ1) is 9.73. The number of methoxy groups -OCH3 is 1. The molecule has 108 valence electrons. The maximum Gasteiger partial charge on any atom is 0.271 e. The second-order valence-electron chi connectivity index (χ2n) is 5.31. The molecule has 0 radical (unpaired) electrons. The molecule has 6 heteroatoms. The van der Waals surface area contributed by atoms with Crippen molar-refractivity contribution in [3.8, 4) is 16.5 Å². The van der Waals surface area contributed by atoms with Gasteiger partial charge in [-0.25, -0.2) is 0 Å². The SMILES string of the molecule is COc1ccsc1-c1nc(C2(N)CCCCCC2)no1. The molecular formula is C14H19N3O2S. The van der Waals surface area contributed by atoms with E-state index in [1.54, 1.807) is 7.11 Å². The lowest BCUT2D eigenvalue weighted by Crippen LogP contribution is -2.37. The van der Waals surface area contributed by atoms with Gasteiger partial charge in [-0.3, -0.25) is 0 Å². The quantitative estimate of drug-likeness (QED) is 0.879. The van der Waals surface area contributed by atoms with Gasteiger partial charge >= 0.3 is 0 Å². The highest BCUT2D eigenvalue weighted by molar-refractivity contribution is 7.13. The van der Waals surface area contributed by atoms with E-state index >= 15 is 0 Å². The van der Waals surface area contributed by atoms with Crippen LogP contribution in [0.1, 0.15) is 44.3 Å². The van der Waals surface area contributed by atoms with Crippen molar-refractivity contribution in [3.05, 3.63) is 17.3 Å². The lowest BCUT2D eigenvalue weighted by molar-refractivity contribution is 0.334. The fourth-order valence-electron chi connectivity index (χ4n) is 2.72. The Hall–Kier alpha value is -1.40. The van der Waals surface area contributed by atoms with Crippen molar-refractivity contribution in [1.82, 2.24) is 10.1 Å². The van der Waals surface area contributed by atoms with Gasteiger partial charge in [0.1, 0.15) is 10.6 Å². The first kappa shape index (κ1) is 13.6. The van der Waals surface area contributed by atoms with Crippen molar-refractivity contribution in [3.63, 3.8) is 0 Å². The van der Waals surface area contributed by atoms with Gasteiger partial charge in [-0.1, -0.05) is 30.8 Å². The predicted octanol–water partition coefficient (Wildman–Crippen LogP) is 3.31. The second kappa shape index (κ2) is 5.54. The molecule has 1 fully saturated rings. The maximum atomic E-state index is 6.50. The molecule has 0 amide bonds. The van der Waals surface area contributed by atoms with Crippen LogP contribution < -0.4 is 10.5 Å². The van der Waals surface area contributed by atoms with Gasteiger partial charge in [0.05, 0.1) is 12.6 Å². The van der Waals surface area contributed by atoms with Gasteiger partial charge in [0.2, 0.25) is 0 Å². The van der Waals surface area contributed by atoms with Crippen molar-refractivity contribution in [2.24, 2.45) is 5.73 Å². The van der Waals surface area contributed by atoms with E-state index in [9.17, 15) is 0 Å². The Kier molecular flexibility index (Phi) is 3.76. The summed E-state index contributed by atoms with van der Waals surface area (Å²) in [6.45, 7) is 0. The zero-order valence-electron chi connectivity index (χ0n) is 11.6. The Balaban J connectivity index is 1.89. The van der Waals surface area contributed by atoms with E-state index in [0.29, 0.717) is 11.7 Å². The van der Waals surface area contributed by atoms with Crippen molar-refractivity contribution in [2.75, 3.05) is 7.11 Å².